The molecule has 0 saturated heterocycles. The highest BCUT2D eigenvalue weighted by atomic mass is 35.5. The quantitative estimate of drug-likeness (QED) is 0.0269. The van der Waals surface area contributed by atoms with Crippen molar-refractivity contribution < 1.29 is 13.2 Å². The topological polar surface area (TPSA) is 179 Å². The van der Waals surface area contributed by atoms with E-state index in [4.69, 9.17) is 23.2 Å². The second-order valence-electron chi connectivity index (χ2n) is 18.2. The largest absolute Gasteiger partial charge is 0.338 e. The number of halogens is 2. The van der Waals surface area contributed by atoms with Crippen molar-refractivity contribution in [2.24, 2.45) is 0 Å². The fourth-order valence-electron chi connectivity index (χ4n) is 8.22. The monoisotopic (exact) mass is 994 g/mol. The molecule has 0 radical (unpaired) electrons. The molecule has 2 amide bonds. The molecule has 2 aromatic carbocycles. The number of hydrogen-bond acceptors (Lipinski definition) is 7. The fraction of sp³-hybridized carbons (Fsp3) is 0.588. The summed E-state index contributed by atoms with van der Waals surface area (Å²) in [5, 5.41) is 21.8. The van der Waals surface area contributed by atoms with Crippen molar-refractivity contribution in [2.75, 3.05) is 22.3 Å². The standard InChI is InChI=1S/C27H42ClN5O2S.C24H35ClN6O/c1-3-4-5-6-7-8-9-10-11-12-13-14-15-16-20-36(34,35)32-24-19-17-18-23(21-24)26-29-27-25(28)22(2)30-33(27)31-26;1-3-4-5-6-7-8-9-10-11-12-16-26-24(32)27-20-15-13-14-19(17-20)22-28-23-21(25)18(2)29-31(23)30-22/h17-19,21,30,32H,3-16,20H2,1-2H3;13-15,17,29H,3-12,16H2,1-2H3,(H2,26,27,32). The molecule has 374 valence electrons. The number of sulfonamides is 1. The number of rotatable bonds is 31. The Morgan fingerprint density at radius 2 is 0.971 bits per heavy atom. The zero-order valence-electron chi connectivity index (χ0n) is 41.1. The summed E-state index contributed by atoms with van der Waals surface area (Å²) < 4.78 is 30.9. The van der Waals surface area contributed by atoms with E-state index in [1.807, 2.05) is 44.2 Å². The molecule has 0 fully saturated rings. The molecule has 0 aliphatic heterocycles. The molecule has 0 aliphatic carbocycles. The van der Waals surface area contributed by atoms with Crippen molar-refractivity contribution in [3.63, 3.8) is 0 Å². The number of H-pyrrole nitrogens is 2. The Hall–Kier alpha value is -4.60. The third-order valence-electron chi connectivity index (χ3n) is 12.2. The van der Waals surface area contributed by atoms with E-state index >= 15 is 0 Å². The van der Waals surface area contributed by atoms with Crippen LogP contribution in [0.2, 0.25) is 10.0 Å². The summed E-state index contributed by atoms with van der Waals surface area (Å²) in [5.41, 5.74) is 5.49. The normalized spacial score (nSPS) is 11.6. The van der Waals surface area contributed by atoms with Gasteiger partial charge in [-0.15, -0.1) is 10.2 Å². The highest BCUT2D eigenvalue weighted by Crippen LogP contribution is 2.27. The number of hydrogen-bond donors (Lipinski definition) is 5. The van der Waals surface area contributed by atoms with Gasteiger partial charge in [0.05, 0.1) is 17.1 Å². The number of unbranched alkanes of at least 4 members (excludes halogenated alkanes) is 22. The van der Waals surface area contributed by atoms with Crippen molar-refractivity contribution in [2.45, 2.75) is 182 Å². The van der Waals surface area contributed by atoms with Gasteiger partial charge >= 0.3 is 6.03 Å². The predicted octanol–water partition coefficient (Wildman–Crippen LogP) is 14.6. The van der Waals surface area contributed by atoms with E-state index in [1.165, 1.54) is 127 Å². The Morgan fingerprint density at radius 3 is 1.41 bits per heavy atom. The van der Waals surface area contributed by atoms with Crippen molar-refractivity contribution in [1.82, 2.24) is 44.9 Å². The van der Waals surface area contributed by atoms with E-state index in [9.17, 15) is 13.2 Å². The average molecular weight is 995 g/mol. The van der Waals surface area contributed by atoms with Gasteiger partial charge in [0.1, 0.15) is 10.0 Å². The van der Waals surface area contributed by atoms with Gasteiger partial charge in [-0.3, -0.25) is 14.9 Å². The van der Waals surface area contributed by atoms with Crippen LogP contribution in [0.1, 0.15) is 179 Å². The number of carbonyl (C=O) groups is 1. The summed E-state index contributed by atoms with van der Waals surface area (Å²) in [5.74, 6) is 1.17. The second-order valence-corrected chi connectivity index (χ2v) is 20.8. The number of nitrogens with zero attached hydrogens (tertiary/aromatic N) is 6. The number of aromatic amines is 2. The fourth-order valence-corrected chi connectivity index (χ4v) is 9.73. The summed E-state index contributed by atoms with van der Waals surface area (Å²) >= 11 is 12.5. The van der Waals surface area contributed by atoms with Crippen LogP contribution in [0.3, 0.4) is 0 Å². The van der Waals surface area contributed by atoms with Gasteiger partial charge in [0.25, 0.3) is 0 Å². The number of nitrogens with one attached hydrogen (secondary N) is 5. The van der Waals surface area contributed by atoms with Crippen LogP contribution >= 0.6 is 23.2 Å². The Labute approximate surface area is 415 Å². The molecule has 0 unspecified atom stereocenters. The van der Waals surface area contributed by atoms with Gasteiger partial charge in [-0.1, -0.05) is 203 Å². The van der Waals surface area contributed by atoms with Gasteiger partial charge in [0, 0.05) is 29.0 Å². The molecule has 0 aliphatic rings. The first-order valence-electron chi connectivity index (χ1n) is 25.5. The average Bonchev–Trinajstić information content (AvgIpc) is 4.07. The molecule has 6 aromatic rings. The van der Waals surface area contributed by atoms with Crippen LogP contribution in [-0.4, -0.2) is 66.4 Å². The molecule has 68 heavy (non-hydrogen) atoms. The molecule has 4 aromatic heterocycles. The Bertz CT molecular complexity index is 2510. The predicted molar refractivity (Wildman–Crippen MR) is 282 cm³/mol. The van der Waals surface area contributed by atoms with Crippen molar-refractivity contribution in [1.29, 1.82) is 0 Å². The number of aryl methyl sites for hydroxylation is 2. The van der Waals surface area contributed by atoms with Crippen molar-refractivity contribution in [3.05, 3.63) is 70.0 Å². The van der Waals surface area contributed by atoms with Crippen LogP contribution in [0.25, 0.3) is 34.1 Å². The summed E-state index contributed by atoms with van der Waals surface area (Å²) in [6.07, 6.45) is 30.2. The molecule has 17 heteroatoms. The van der Waals surface area contributed by atoms with Crippen LogP contribution in [0.5, 0.6) is 0 Å². The maximum absolute atomic E-state index is 12.6. The lowest BCUT2D eigenvalue weighted by Crippen LogP contribution is -2.29. The minimum Gasteiger partial charge on any atom is -0.338 e. The van der Waals surface area contributed by atoms with Gasteiger partial charge in [-0.05, 0) is 51.0 Å². The van der Waals surface area contributed by atoms with Gasteiger partial charge in [0.15, 0.2) is 22.9 Å². The SMILES string of the molecule is CCCCCCCCCCCCCCCCS(=O)(=O)Nc1cccc(-c2nc3c(Cl)c(C)[nH]n3n2)c1.CCCCCCCCCCCCNC(=O)Nc1cccc(-c2nc3c(Cl)c(C)[nH]n3n2)c1. The highest BCUT2D eigenvalue weighted by Gasteiger charge is 2.16. The number of fused-ring (bicyclic) bond motifs is 2. The van der Waals surface area contributed by atoms with Crippen LogP contribution in [-0.2, 0) is 10.0 Å². The smallest absolute Gasteiger partial charge is 0.319 e. The lowest BCUT2D eigenvalue weighted by molar-refractivity contribution is 0.252. The van der Waals surface area contributed by atoms with Gasteiger partial charge in [-0.2, -0.15) is 9.26 Å². The lowest BCUT2D eigenvalue weighted by atomic mass is 10.0. The molecule has 0 spiro atoms. The summed E-state index contributed by atoms with van der Waals surface area (Å²) in [6.45, 7) is 8.92. The molecule has 0 bridgehead atoms. The highest BCUT2D eigenvalue weighted by molar-refractivity contribution is 7.92. The Balaban J connectivity index is 0.000000256. The molecular formula is C51H77Cl2N11O3S. The van der Waals surface area contributed by atoms with Crippen LogP contribution in [0.15, 0.2) is 48.5 Å². The lowest BCUT2D eigenvalue weighted by Gasteiger charge is -2.09. The molecule has 0 saturated carbocycles. The number of anilines is 2. The molecule has 14 nitrogen and oxygen atoms in total. The van der Waals surface area contributed by atoms with E-state index in [2.05, 4.69) is 59.6 Å². The van der Waals surface area contributed by atoms with E-state index in [0.717, 1.165) is 48.2 Å². The molecule has 0 atom stereocenters. The minimum atomic E-state index is -3.40. The van der Waals surface area contributed by atoms with Crippen molar-refractivity contribution >= 4 is 61.9 Å². The van der Waals surface area contributed by atoms with E-state index in [1.54, 1.807) is 22.8 Å². The Kier molecular flexibility index (Phi) is 23.5. The number of amides is 2. The maximum Gasteiger partial charge on any atom is 0.319 e. The number of urea groups is 1. The molecule has 6 rings (SSSR count). The first-order chi connectivity index (χ1) is 33.0. The third-order valence-corrected chi connectivity index (χ3v) is 14.4. The van der Waals surface area contributed by atoms with E-state index < -0.39 is 10.0 Å². The first-order valence-corrected chi connectivity index (χ1v) is 27.9. The van der Waals surface area contributed by atoms with Crippen molar-refractivity contribution in [3.8, 4) is 22.8 Å². The zero-order valence-corrected chi connectivity index (χ0v) is 43.4. The van der Waals surface area contributed by atoms with Gasteiger partial charge in [0.2, 0.25) is 10.0 Å². The summed E-state index contributed by atoms with van der Waals surface area (Å²) in [4.78, 5) is 21.2. The van der Waals surface area contributed by atoms with E-state index in [0.29, 0.717) is 57.3 Å². The second kappa shape index (κ2) is 29.4. The van der Waals surface area contributed by atoms with E-state index in [-0.39, 0.29) is 11.8 Å². The molecule has 4 heterocycles. The van der Waals surface area contributed by atoms with Gasteiger partial charge in [-0.25, -0.2) is 23.2 Å². The van der Waals surface area contributed by atoms with Crippen LogP contribution in [0, 0.1) is 13.8 Å². The van der Waals surface area contributed by atoms with Crippen LogP contribution in [0.4, 0.5) is 16.2 Å². The number of benzene rings is 2. The summed E-state index contributed by atoms with van der Waals surface area (Å²) in [6, 6.07) is 14.4. The maximum atomic E-state index is 12.6. The van der Waals surface area contributed by atoms with Gasteiger partial charge < -0.3 is 10.6 Å². The molecular weight excluding hydrogens is 918 g/mol. The minimum absolute atomic E-state index is 0.135. The molecule has 5 N–H and O–H groups in total. The number of carbonyl (C=O) groups excluding carboxylic acids is 1. The Morgan fingerprint density at radius 1 is 0.574 bits per heavy atom. The van der Waals surface area contributed by atoms with Crippen LogP contribution < -0.4 is 15.4 Å². The first kappa shape index (κ1) is 54.3. The third kappa shape index (κ3) is 18.4. The zero-order chi connectivity index (χ0) is 48.6. The number of aromatic nitrogens is 8. The summed E-state index contributed by atoms with van der Waals surface area (Å²) in [7, 11) is -3.40.